The molecule has 1 heterocycles. The second kappa shape index (κ2) is 8.68. The van der Waals surface area contributed by atoms with Crippen LogP contribution in [0.1, 0.15) is 38.3 Å². The van der Waals surface area contributed by atoms with Crippen molar-refractivity contribution in [1.82, 2.24) is 10.4 Å². The molecule has 1 fully saturated rings. The lowest BCUT2D eigenvalue weighted by molar-refractivity contribution is -0.147. The van der Waals surface area contributed by atoms with Gasteiger partial charge in [0, 0.05) is 17.5 Å². The van der Waals surface area contributed by atoms with Gasteiger partial charge in [-0.25, -0.2) is 0 Å². The number of hydrazine groups is 1. The van der Waals surface area contributed by atoms with Gasteiger partial charge < -0.3 is 4.74 Å². The summed E-state index contributed by atoms with van der Waals surface area (Å²) in [5.74, 6) is -2.48. The molecule has 1 saturated heterocycles. The molecule has 7 nitrogen and oxygen atoms in total. The van der Waals surface area contributed by atoms with Gasteiger partial charge in [0.1, 0.15) is 0 Å². The van der Waals surface area contributed by atoms with Crippen molar-refractivity contribution in [2.75, 3.05) is 13.2 Å². The largest absolute Gasteiger partial charge is 0.457 e. The van der Waals surface area contributed by atoms with Gasteiger partial charge >= 0.3 is 5.97 Å². The number of amides is 2. The van der Waals surface area contributed by atoms with Crippen molar-refractivity contribution in [3.63, 3.8) is 0 Å². The highest BCUT2D eigenvalue weighted by molar-refractivity contribution is 5.99. The van der Waals surface area contributed by atoms with Crippen molar-refractivity contribution in [3.8, 4) is 0 Å². The van der Waals surface area contributed by atoms with Crippen LogP contribution in [0.4, 0.5) is 0 Å². The average Bonchev–Trinajstić information content (AvgIpc) is 3.07. The number of aryl methyl sites for hydroxylation is 2. The van der Waals surface area contributed by atoms with Crippen molar-refractivity contribution in [2.45, 2.75) is 20.3 Å². The summed E-state index contributed by atoms with van der Waals surface area (Å²) in [6.07, 6.45) is -0.0776. The van der Waals surface area contributed by atoms with Gasteiger partial charge in [-0.05, 0) is 26.0 Å². The van der Waals surface area contributed by atoms with E-state index in [1.54, 1.807) is 48.5 Å². The molecule has 0 radical (unpaired) electrons. The molecule has 1 aliphatic heterocycles. The molecule has 150 valence electrons. The molecule has 1 atom stereocenters. The topological polar surface area (TPSA) is 92.8 Å². The predicted molar refractivity (Wildman–Crippen MR) is 105 cm³/mol. The van der Waals surface area contributed by atoms with E-state index in [0.29, 0.717) is 11.1 Å². The van der Waals surface area contributed by atoms with E-state index < -0.39 is 17.8 Å². The number of carbonyl (C=O) groups excluding carboxylic acids is 4. The number of Topliss-reactive ketones (excluding diaryl/α,β-unsaturated/α-hetero) is 1. The minimum Gasteiger partial charge on any atom is -0.457 e. The Morgan fingerprint density at radius 3 is 2.10 bits per heavy atom. The summed E-state index contributed by atoms with van der Waals surface area (Å²) < 4.78 is 5.09. The lowest BCUT2D eigenvalue weighted by Crippen LogP contribution is -2.43. The SMILES string of the molecule is Cc1ccc(C(=O)COC(=O)[C@@H]2CC(=O)N(NC(=O)c3ccc(C)cc3)C2)cc1. The van der Waals surface area contributed by atoms with Crippen LogP contribution in [0.5, 0.6) is 0 Å². The third kappa shape index (κ3) is 5.07. The van der Waals surface area contributed by atoms with Crippen LogP contribution >= 0.6 is 0 Å². The second-order valence-corrected chi connectivity index (χ2v) is 7.11. The molecule has 0 spiro atoms. The summed E-state index contributed by atoms with van der Waals surface area (Å²) in [6, 6.07) is 13.9. The number of nitrogens with zero attached hydrogens (tertiary/aromatic N) is 1. The first-order valence-corrected chi connectivity index (χ1v) is 9.28. The van der Waals surface area contributed by atoms with E-state index in [1.807, 2.05) is 13.8 Å². The Kier molecular flexibility index (Phi) is 6.07. The van der Waals surface area contributed by atoms with Gasteiger partial charge in [0.15, 0.2) is 12.4 Å². The van der Waals surface area contributed by atoms with Gasteiger partial charge in [0.2, 0.25) is 5.91 Å². The standard InChI is InChI=1S/C22H22N2O5/c1-14-3-7-16(8-4-14)19(25)13-29-22(28)18-11-20(26)24(12-18)23-21(27)17-9-5-15(2)6-10-17/h3-10,18H,11-13H2,1-2H3,(H,23,27)/t18-/m1/s1. The predicted octanol–water partition coefficient (Wildman–Crippen LogP) is 2.22. The highest BCUT2D eigenvalue weighted by atomic mass is 16.5. The number of hydrogen-bond acceptors (Lipinski definition) is 5. The van der Waals surface area contributed by atoms with Gasteiger partial charge in [0.25, 0.3) is 5.91 Å². The summed E-state index contributed by atoms with van der Waals surface area (Å²) in [7, 11) is 0. The Hall–Kier alpha value is -3.48. The molecule has 0 aliphatic carbocycles. The number of ketones is 1. The van der Waals surface area contributed by atoms with E-state index in [2.05, 4.69) is 5.43 Å². The van der Waals surface area contributed by atoms with Crippen LogP contribution in [0, 0.1) is 19.8 Å². The number of nitrogens with one attached hydrogen (secondary N) is 1. The zero-order valence-corrected chi connectivity index (χ0v) is 16.3. The van der Waals surface area contributed by atoms with Crippen molar-refractivity contribution in [1.29, 1.82) is 0 Å². The van der Waals surface area contributed by atoms with Gasteiger partial charge in [-0.2, -0.15) is 0 Å². The molecule has 2 amide bonds. The molecule has 29 heavy (non-hydrogen) atoms. The maximum absolute atomic E-state index is 12.3. The van der Waals surface area contributed by atoms with Gasteiger partial charge in [-0.15, -0.1) is 0 Å². The molecule has 0 unspecified atom stereocenters. The summed E-state index contributed by atoms with van der Waals surface area (Å²) >= 11 is 0. The first-order valence-electron chi connectivity index (χ1n) is 9.28. The van der Waals surface area contributed by atoms with E-state index in [4.69, 9.17) is 4.74 Å². The molecule has 1 N–H and O–H groups in total. The lowest BCUT2D eigenvalue weighted by atomic mass is 10.1. The highest BCUT2D eigenvalue weighted by Crippen LogP contribution is 2.18. The first kappa shape index (κ1) is 20.3. The molecule has 3 rings (SSSR count). The zero-order chi connectivity index (χ0) is 21.0. The number of esters is 1. The maximum Gasteiger partial charge on any atom is 0.311 e. The smallest absolute Gasteiger partial charge is 0.311 e. The highest BCUT2D eigenvalue weighted by Gasteiger charge is 2.36. The number of hydrogen-bond donors (Lipinski definition) is 1. The molecule has 2 aromatic rings. The maximum atomic E-state index is 12.3. The average molecular weight is 394 g/mol. The van der Waals surface area contributed by atoms with E-state index in [1.165, 1.54) is 0 Å². The molecule has 7 heteroatoms. The fourth-order valence-corrected chi connectivity index (χ4v) is 2.94. The Morgan fingerprint density at radius 1 is 0.966 bits per heavy atom. The minimum absolute atomic E-state index is 0.00793. The number of rotatable bonds is 6. The molecule has 0 saturated carbocycles. The van der Waals surface area contributed by atoms with E-state index in [-0.39, 0.29) is 31.3 Å². The number of benzene rings is 2. The Morgan fingerprint density at radius 2 is 1.52 bits per heavy atom. The summed E-state index contributed by atoms with van der Waals surface area (Å²) in [6.45, 7) is 3.44. The zero-order valence-electron chi connectivity index (χ0n) is 16.3. The first-order chi connectivity index (χ1) is 13.8. The van der Waals surface area contributed by atoms with Crippen molar-refractivity contribution in [2.24, 2.45) is 5.92 Å². The van der Waals surface area contributed by atoms with Gasteiger partial charge in [0.05, 0.1) is 12.5 Å². The molecular formula is C22H22N2O5. The molecule has 0 bridgehead atoms. The monoisotopic (exact) mass is 394 g/mol. The number of carbonyl (C=O) groups is 4. The fourth-order valence-electron chi connectivity index (χ4n) is 2.94. The molecular weight excluding hydrogens is 372 g/mol. The Balaban J connectivity index is 1.51. The van der Waals surface area contributed by atoms with E-state index >= 15 is 0 Å². The van der Waals surface area contributed by atoms with Crippen LogP contribution in [0.3, 0.4) is 0 Å². The number of ether oxygens (including phenoxy) is 1. The Bertz CT molecular complexity index is 935. The van der Waals surface area contributed by atoms with Crippen LogP contribution in [-0.4, -0.2) is 41.7 Å². The van der Waals surface area contributed by atoms with Crippen molar-refractivity contribution >= 4 is 23.6 Å². The third-order valence-electron chi connectivity index (χ3n) is 4.73. The Labute approximate surface area is 168 Å². The lowest BCUT2D eigenvalue weighted by Gasteiger charge is -2.17. The van der Waals surface area contributed by atoms with Crippen LogP contribution in [0.25, 0.3) is 0 Å². The quantitative estimate of drug-likeness (QED) is 0.599. The van der Waals surface area contributed by atoms with E-state index in [9.17, 15) is 19.2 Å². The summed E-state index contributed by atoms with van der Waals surface area (Å²) in [4.78, 5) is 48.8. The minimum atomic E-state index is -0.730. The van der Waals surface area contributed by atoms with Crippen LogP contribution in [0.2, 0.25) is 0 Å². The third-order valence-corrected chi connectivity index (χ3v) is 4.73. The normalized spacial score (nSPS) is 15.9. The van der Waals surface area contributed by atoms with Crippen LogP contribution in [-0.2, 0) is 14.3 Å². The molecule has 1 aliphatic rings. The molecule has 0 aromatic heterocycles. The van der Waals surface area contributed by atoms with Crippen molar-refractivity contribution in [3.05, 3.63) is 70.8 Å². The summed E-state index contributed by atoms with van der Waals surface area (Å²) in [5, 5.41) is 1.12. The summed E-state index contributed by atoms with van der Waals surface area (Å²) in [5.41, 5.74) is 5.43. The fraction of sp³-hybridized carbons (Fsp3) is 0.273. The van der Waals surface area contributed by atoms with Gasteiger partial charge in [-0.1, -0.05) is 47.5 Å². The van der Waals surface area contributed by atoms with E-state index in [0.717, 1.165) is 16.1 Å². The van der Waals surface area contributed by atoms with Crippen molar-refractivity contribution < 1.29 is 23.9 Å². The molecule has 2 aromatic carbocycles. The van der Waals surface area contributed by atoms with Crippen LogP contribution in [0.15, 0.2) is 48.5 Å². The van der Waals surface area contributed by atoms with Gasteiger partial charge in [-0.3, -0.25) is 29.6 Å². The second-order valence-electron chi connectivity index (χ2n) is 7.11. The van der Waals surface area contributed by atoms with Crippen LogP contribution < -0.4 is 5.43 Å².